The van der Waals surface area contributed by atoms with Crippen LogP contribution in [0, 0.1) is 10.1 Å². The first-order valence-electron chi connectivity index (χ1n) is 6.66. The van der Waals surface area contributed by atoms with Crippen LogP contribution in [0.5, 0.6) is 0 Å². The number of non-ortho nitro benzene ring substituents is 1. The quantitative estimate of drug-likeness (QED) is 0.657. The fourth-order valence-corrected chi connectivity index (χ4v) is 3.08. The number of rotatable bonds is 6. The normalized spacial score (nSPS) is 12.1. The summed E-state index contributed by atoms with van der Waals surface area (Å²) in [5, 5.41) is 22.3. The molecular weight excluding hydrogens is 288 g/mol. The third-order valence-corrected chi connectivity index (χ3v) is 4.46. The number of anilines is 1. The number of aliphatic hydroxyl groups is 1. The van der Waals surface area contributed by atoms with Crippen LogP contribution in [0.1, 0.15) is 17.4 Å². The third kappa shape index (κ3) is 3.59. The van der Waals surface area contributed by atoms with Crippen LogP contribution in [-0.2, 0) is 13.0 Å². The molecule has 0 saturated heterocycles. The maximum Gasteiger partial charge on any atom is 0.269 e. The van der Waals surface area contributed by atoms with Gasteiger partial charge in [-0.2, -0.15) is 0 Å². The Bertz CT molecular complexity index is 613. The van der Waals surface area contributed by atoms with Crippen LogP contribution in [0.4, 0.5) is 11.4 Å². The van der Waals surface area contributed by atoms with Crippen molar-refractivity contribution in [1.29, 1.82) is 0 Å². The highest BCUT2D eigenvalue weighted by Gasteiger charge is 2.17. The summed E-state index contributed by atoms with van der Waals surface area (Å²) in [6, 6.07) is 8.96. The Morgan fingerprint density at radius 2 is 2.19 bits per heavy atom. The molecule has 0 fully saturated rings. The Morgan fingerprint density at radius 3 is 2.76 bits per heavy atom. The van der Waals surface area contributed by atoms with Crippen LogP contribution < -0.4 is 4.90 Å². The molecule has 0 aliphatic carbocycles. The zero-order valence-electron chi connectivity index (χ0n) is 12.0. The number of hydrogen-bond acceptors (Lipinski definition) is 5. The molecule has 0 radical (unpaired) electrons. The van der Waals surface area contributed by atoms with Crippen LogP contribution >= 0.6 is 11.3 Å². The Hall–Kier alpha value is -1.92. The predicted molar refractivity (Wildman–Crippen MR) is 84.9 cm³/mol. The molecule has 1 aromatic heterocycles. The van der Waals surface area contributed by atoms with Gasteiger partial charge in [0.25, 0.3) is 5.69 Å². The first kappa shape index (κ1) is 15.5. The molecule has 0 aliphatic rings. The van der Waals surface area contributed by atoms with Crippen LogP contribution in [0.25, 0.3) is 0 Å². The highest BCUT2D eigenvalue weighted by Crippen LogP contribution is 2.27. The van der Waals surface area contributed by atoms with Crippen LogP contribution in [-0.4, -0.2) is 23.1 Å². The van der Waals surface area contributed by atoms with E-state index in [4.69, 9.17) is 0 Å². The second-order valence-corrected chi connectivity index (χ2v) is 6.00. The molecule has 1 heterocycles. The maximum atomic E-state index is 10.8. The molecule has 2 aromatic rings. The monoisotopic (exact) mass is 306 g/mol. The van der Waals surface area contributed by atoms with E-state index in [0.717, 1.165) is 12.1 Å². The number of benzene rings is 1. The summed E-state index contributed by atoms with van der Waals surface area (Å²) < 4.78 is 0. The van der Waals surface area contributed by atoms with Crippen molar-refractivity contribution >= 4 is 22.7 Å². The zero-order valence-corrected chi connectivity index (χ0v) is 12.8. The van der Waals surface area contributed by atoms with Gasteiger partial charge in [0.2, 0.25) is 0 Å². The average Bonchev–Trinajstić information content (AvgIpc) is 2.98. The second kappa shape index (κ2) is 6.69. The number of likely N-dealkylation sites (N-methyl/N-ethyl adjacent to an activating group) is 1. The van der Waals surface area contributed by atoms with E-state index in [2.05, 4.69) is 17.9 Å². The van der Waals surface area contributed by atoms with Gasteiger partial charge in [0.05, 0.1) is 11.5 Å². The summed E-state index contributed by atoms with van der Waals surface area (Å²) in [6.07, 6.45) is 0.899. The lowest BCUT2D eigenvalue weighted by molar-refractivity contribution is -0.384. The molecule has 5 nitrogen and oxygen atoms in total. The third-order valence-electron chi connectivity index (χ3n) is 3.56. The number of aliphatic hydroxyl groups excluding tert-OH is 1. The van der Waals surface area contributed by atoms with Gasteiger partial charge in [-0.25, -0.2) is 0 Å². The topological polar surface area (TPSA) is 66.6 Å². The molecule has 0 bridgehead atoms. The first-order valence-corrected chi connectivity index (χ1v) is 7.54. The van der Waals surface area contributed by atoms with Gasteiger partial charge in [0.1, 0.15) is 0 Å². The summed E-state index contributed by atoms with van der Waals surface area (Å²) in [6.45, 7) is 1.88. The summed E-state index contributed by atoms with van der Waals surface area (Å²) in [5.41, 5.74) is 1.40. The van der Waals surface area contributed by atoms with Gasteiger partial charge in [-0.05, 0) is 24.4 Å². The largest absolute Gasteiger partial charge is 0.392 e. The van der Waals surface area contributed by atoms with Gasteiger partial charge in [-0.3, -0.25) is 10.1 Å². The van der Waals surface area contributed by atoms with Crippen LogP contribution in [0.15, 0.2) is 35.7 Å². The minimum absolute atomic E-state index is 0.00195. The summed E-state index contributed by atoms with van der Waals surface area (Å²) >= 11 is 1.71. The molecule has 0 amide bonds. The number of thiophene rings is 1. The van der Waals surface area contributed by atoms with Crippen molar-refractivity contribution in [2.75, 3.05) is 11.9 Å². The van der Waals surface area contributed by atoms with E-state index in [0.29, 0.717) is 5.56 Å². The van der Waals surface area contributed by atoms with Crippen molar-refractivity contribution in [3.63, 3.8) is 0 Å². The Morgan fingerprint density at radius 1 is 1.43 bits per heavy atom. The summed E-state index contributed by atoms with van der Waals surface area (Å²) in [4.78, 5) is 13.7. The van der Waals surface area contributed by atoms with Gasteiger partial charge in [0.15, 0.2) is 0 Å². The lowest BCUT2D eigenvalue weighted by Crippen LogP contribution is -2.31. The SMILES string of the molecule is CC(Cc1cccs1)N(C)c1ccc([N+](=O)[O-])cc1CO. The number of nitrogens with zero attached hydrogens (tertiary/aromatic N) is 2. The van der Waals surface area contributed by atoms with Crippen molar-refractivity contribution in [3.8, 4) is 0 Å². The van der Waals surface area contributed by atoms with E-state index < -0.39 is 4.92 Å². The van der Waals surface area contributed by atoms with E-state index in [1.807, 2.05) is 18.5 Å². The molecule has 21 heavy (non-hydrogen) atoms. The molecule has 6 heteroatoms. The van der Waals surface area contributed by atoms with E-state index in [1.54, 1.807) is 17.4 Å². The Balaban J connectivity index is 2.21. The standard InChI is InChI=1S/C15H18N2O3S/c1-11(8-14-4-3-7-21-14)16(2)15-6-5-13(17(19)20)9-12(15)10-18/h3-7,9,11,18H,8,10H2,1-2H3. The Kier molecular flexibility index (Phi) is 4.93. The van der Waals surface area contributed by atoms with Crippen molar-refractivity contribution in [2.24, 2.45) is 0 Å². The Labute approximate surface area is 127 Å². The van der Waals surface area contributed by atoms with Crippen molar-refractivity contribution in [3.05, 3.63) is 56.3 Å². The predicted octanol–water partition coefficient (Wildman–Crippen LogP) is 3.22. The fraction of sp³-hybridized carbons (Fsp3) is 0.333. The molecule has 0 aliphatic heterocycles. The molecule has 112 valence electrons. The van der Waals surface area contributed by atoms with Crippen LogP contribution in [0.3, 0.4) is 0 Å². The van der Waals surface area contributed by atoms with E-state index in [1.165, 1.54) is 17.0 Å². The minimum Gasteiger partial charge on any atom is -0.392 e. The number of nitro groups is 1. The smallest absolute Gasteiger partial charge is 0.269 e. The average molecular weight is 306 g/mol. The van der Waals surface area contributed by atoms with Crippen LogP contribution in [0.2, 0.25) is 0 Å². The van der Waals surface area contributed by atoms with Gasteiger partial charge < -0.3 is 10.0 Å². The lowest BCUT2D eigenvalue weighted by atomic mass is 10.1. The molecule has 1 aromatic carbocycles. The van der Waals surface area contributed by atoms with E-state index in [-0.39, 0.29) is 18.3 Å². The first-order chi connectivity index (χ1) is 10.0. The van der Waals surface area contributed by atoms with Crippen molar-refractivity contribution < 1.29 is 10.0 Å². The maximum absolute atomic E-state index is 10.8. The fourth-order valence-electron chi connectivity index (χ4n) is 2.25. The van der Waals surface area contributed by atoms with Crippen molar-refractivity contribution in [2.45, 2.75) is 26.0 Å². The van der Waals surface area contributed by atoms with Crippen molar-refractivity contribution in [1.82, 2.24) is 0 Å². The molecule has 0 spiro atoms. The van der Waals surface area contributed by atoms with E-state index >= 15 is 0 Å². The lowest BCUT2D eigenvalue weighted by Gasteiger charge is -2.28. The van der Waals surface area contributed by atoms with Gasteiger partial charge in [0, 0.05) is 47.8 Å². The molecule has 0 saturated carbocycles. The van der Waals surface area contributed by atoms with Gasteiger partial charge >= 0.3 is 0 Å². The molecular formula is C15H18N2O3S. The second-order valence-electron chi connectivity index (χ2n) is 4.97. The number of hydrogen-bond donors (Lipinski definition) is 1. The molecule has 2 rings (SSSR count). The molecule has 1 atom stereocenters. The highest BCUT2D eigenvalue weighted by atomic mass is 32.1. The summed E-state index contributed by atoms with van der Waals surface area (Å²) in [5.74, 6) is 0. The van der Waals surface area contributed by atoms with E-state index in [9.17, 15) is 15.2 Å². The van der Waals surface area contributed by atoms with Gasteiger partial charge in [-0.15, -0.1) is 11.3 Å². The zero-order chi connectivity index (χ0) is 15.4. The molecule has 1 N–H and O–H groups in total. The molecule has 1 unspecified atom stereocenters. The number of nitro benzene ring substituents is 1. The van der Waals surface area contributed by atoms with Gasteiger partial charge in [-0.1, -0.05) is 6.07 Å². The highest BCUT2D eigenvalue weighted by molar-refractivity contribution is 7.09. The minimum atomic E-state index is -0.446. The summed E-state index contributed by atoms with van der Waals surface area (Å²) in [7, 11) is 1.94.